The van der Waals surface area contributed by atoms with Crippen molar-refractivity contribution in [1.29, 1.82) is 0 Å². The maximum atomic E-state index is 14.0. The van der Waals surface area contributed by atoms with Gasteiger partial charge in [0, 0.05) is 5.54 Å². The van der Waals surface area contributed by atoms with Gasteiger partial charge in [-0.05, 0) is 44.9 Å². The van der Waals surface area contributed by atoms with E-state index in [1.165, 1.54) is 19.3 Å². The quantitative estimate of drug-likeness (QED) is 0.740. The Hall–Kier alpha value is -0.110. The lowest BCUT2D eigenvalue weighted by Gasteiger charge is -2.40. The zero-order chi connectivity index (χ0) is 10.4. The minimum absolute atomic E-state index is 0.00359. The zero-order valence-corrected chi connectivity index (χ0v) is 9.35. The maximum absolute atomic E-state index is 14.0. The van der Waals surface area contributed by atoms with Gasteiger partial charge in [0.15, 0.2) is 0 Å². The molecule has 2 rings (SSSR count). The number of hydrogen-bond acceptors (Lipinski definition) is 1. The number of rotatable bonds is 4. The SMILES string of the molecule is CC(C)(F)C(CC1(N)CC1)C1CCC1. The topological polar surface area (TPSA) is 26.0 Å². The van der Waals surface area contributed by atoms with Crippen LogP contribution in [0, 0.1) is 11.8 Å². The summed E-state index contributed by atoms with van der Waals surface area (Å²) in [6, 6.07) is 0. The van der Waals surface area contributed by atoms with Gasteiger partial charge in [0.1, 0.15) is 5.67 Å². The molecule has 82 valence electrons. The predicted octanol–water partition coefficient (Wildman–Crippen LogP) is 3.03. The van der Waals surface area contributed by atoms with Crippen molar-refractivity contribution in [2.45, 2.75) is 63.6 Å². The highest BCUT2D eigenvalue weighted by Crippen LogP contribution is 2.48. The van der Waals surface area contributed by atoms with E-state index < -0.39 is 5.67 Å². The fourth-order valence-electron chi connectivity index (χ4n) is 2.61. The average molecular weight is 199 g/mol. The fraction of sp³-hybridized carbons (Fsp3) is 1.00. The van der Waals surface area contributed by atoms with Gasteiger partial charge in [-0.15, -0.1) is 0 Å². The summed E-state index contributed by atoms with van der Waals surface area (Å²) in [6.45, 7) is 3.45. The van der Waals surface area contributed by atoms with E-state index in [1.54, 1.807) is 13.8 Å². The number of alkyl halides is 1. The highest BCUT2D eigenvalue weighted by molar-refractivity contribution is 5.03. The Morgan fingerprint density at radius 3 is 2.29 bits per heavy atom. The van der Waals surface area contributed by atoms with Crippen LogP contribution >= 0.6 is 0 Å². The molecule has 0 spiro atoms. The molecule has 0 aromatic rings. The zero-order valence-electron chi connectivity index (χ0n) is 9.35. The van der Waals surface area contributed by atoms with Gasteiger partial charge >= 0.3 is 0 Å². The monoisotopic (exact) mass is 199 g/mol. The van der Waals surface area contributed by atoms with Crippen molar-refractivity contribution in [1.82, 2.24) is 0 Å². The maximum Gasteiger partial charge on any atom is 0.108 e. The van der Waals surface area contributed by atoms with Crippen LogP contribution < -0.4 is 5.73 Å². The van der Waals surface area contributed by atoms with E-state index in [2.05, 4.69) is 0 Å². The Balaban J connectivity index is 1.98. The lowest BCUT2D eigenvalue weighted by atomic mass is 9.67. The summed E-state index contributed by atoms with van der Waals surface area (Å²) < 4.78 is 14.0. The van der Waals surface area contributed by atoms with Crippen molar-refractivity contribution in [3.8, 4) is 0 Å². The minimum Gasteiger partial charge on any atom is -0.325 e. The summed E-state index contributed by atoms with van der Waals surface area (Å²) in [4.78, 5) is 0. The normalized spacial score (nSPS) is 28.3. The van der Waals surface area contributed by atoms with E-state index >= 15 is 0 Å². The first-order valence-electron chi connectivity index (χ1n) is 5.89. The molecule has 0 bridgehead atoms. The van der Waals surface area contributed by atoms with Crippen molar-refractivity contribution in [3.63, 3.8) is 0 Å². The lowest BCUT2D eigenvalue weighted by Crippen LogP contribution is -2.41. The first kappa shape index (κ1) is 10.4. The molecule has 0 amide bonds. The molecule has 0 aliphatic heterocycles. The Kier molecular flexibility index (Phi) is 2.37. The third kappa shape index (κ3) is 2.10. The summed E-state index contributed by atoms with van der Waals surface area (Å²) in [5, 5.41) is 0. The standard InChI is InChI=1S/C12H22FN/c1-11(2,13)10(9-4-3-5-9)8-12(14)6-7-12/h9-10H,3-8,14H2,1-2H3. The smallest absolute Gasteiger partial charge is 0.108 e. The van der Waals surface area contributed by atoms with E-state index in [4.69, 9.17) is 5.73 Å². The summed E-state index contributed by atoms with van der Waals surface area (Å²) in [5.41, 5.74) is 5.06. The lowest BCUT2D eigenvalue weighted by molar-refractivity contribution is 0.0316. The third-order valence-electron chi connectivity index (χ3n) is 4.12. The molecule has 0 aromatic heterocycles. The molecule has 2 saturated carbocycles. The van der Waals surface area contributed by atoms with Gasteiger partial charge in [0.25, 0.3) is 0 Å². The molecular formula is C12H22FN. The van der Waals surface area contributed by atoms with Crippen LogP contribution in [0.25, 0.3) is 0 Å². The first-order valence-corrected chi connectivity index (χ1v) is 5.89. The van der Waals surface area contributed by atoms with Crippen molar-refractivity contribution < 1.29 is 4.39 Å². The highest BCUT2D eigenvalue weighted by atomic mass is 19.1. The van der Waals surface area contributed by atoms with Crippen LogP contribution in [0.15, 0.2) is 0 Å². The summed E-state index contributed by atoms with van der Waals surface area (Å²) >= 11 is 0. The number of hydrogen-bond donors (Lipinski definition) is 1. The van der Waals surface area contributed by atoms with Gasteiger partial charge in [-0.1, -0.05) is 19.3 Å². The van der Waals surface area contributed by atoms with Crippen LogP contribution in [-0.4, -0.2) is 11.2 Å². The highest BCUT2D eigenvalue weighted by Gasteiger charge is 2.47. The molecule has 0 saturated heterocycles. The Labute approximate surface area is 86.2 Å². The largest absolute Gasteiger partial charge is 0.325 e. The van der Waals surface area contributed by atoms with E-state index in [9.17, 15) is 4.39 Å². The minimum atomic E-state index is -1.04. The van der Waals surface area contributed by atoms with Crippen molar-refractivity contribution in [2.24, 2.45) is 17.6 Å². The molecule has 2 heteroatoms. The first-order chi connectivity index (χ1) is 6.41. The molecule has 0 radical (unpaired) electrons. The van der Waals surface area contributed by atoms with Crippen molar-refractivity contribution in [2.75, 3.05) is 0 Å². The molecular weight excluding hydrogens is 177 g/mol. The van der Waals surface area contributed by atoms with Crippen LogP contribution in [0.1, 0.15) is 52.4 Å². The van der Waals surface area contributed by atoms with Gasteiger partial charge in [0.05, 0.1) is 0 Å². The van der Waals surface area contributed by atoms with Crippen LogP contribution in [0.3, 0.4) is 0 Å². The summed E-state index contributed by atoms with van der Waals surface area (Å²) in [7, 11) is 0. The predicted molar refractivity (Wildman–Crippen MR) is 56.8 cm³/mol. The van der Waals surface area contributed by atoms with Gasteiger partial charge < -0.3 is 5.73 Å². The van der Waals surface area contributed by atoms with Gasteiger partial charge in [0.2, 0.25) is 0 Å². The fourth-order valence-corrected chi connectivity index (χ4v) is 2.61. The van der Waals surface area contributed by atoms with Crippen LogP contribution in [0.5, 0.6) is 0 Å². The van der Waals surface area contributed by atoms with E-state index in [-0.39, 0.29) is 11.5 Å². The molecule has 1 nitrogen and oxygen atoms in total. The second-order valence-electron chi connectivity index (χ2n) is 5.93. The molecule has 1 unspecified atom stereocenters. The van der Waals surface area contributed by atoms with E-state index in [1.807, 2.05) is 0 Å². The molecule has 2 aliphatic rings. The molecule has 2 N–H and O–H groups in total. The molecule has 0 aromatic carbocycles. The van der Waals surface area contributed by atoms with Gasteiger partial charge in [-0.3, -0.25) is 0 Å². The third-order valence-corrected chi connectivity index (χ3v) is 4.12. The molecule has 1 atom stereocenters. The molecule has 2 aliphatic carbocycles. The molecule has 0 heterocycles. The van der Waals surface area contributed by atoms with Gasteiger partial charge in [-0.2, -0.15) is 0 Å². The van der Waals surface area contributed by atoms with Crippen LogP contribution in [0.2, 0.25) is 0 Å². The Morgan fingerprint density at radius 1 is 1.43 bits per heavy atom. The number of halogens is 1. The number of nitrogens with two attached hydrogens (primary N) is 1. The Bertz CT molecular complexity index is 211. The Morgan fingerprint density at radius 2 is 2.00 bits per heavy atom. The second kappa shape index (κ2) is 3.19. The van der Waals surface area contributed by atoms with E-state index in [0.717, 1.165) is 19.3 Å². The molecule has 14 heavy (non-hydrogen) atoms. The second-order valence-corrected chi connectivity index (χ2v) is 5.93. The van der Waals surface area contributed by atoms with Crippen molar-refractivity contribution in [3.05, 3.63) is 0 Å². The van der Waals surface area contributed by atoms with Crippen molar-refractivity contribution >= 4 is 0 Å². The van der Waals surface area contributed by atoms with Crippen LogP contribution in [0.4, 0.5) is 4.39 Å². The average Bonchev–Trinajstić information content (AvgIpc) is 2.61. The van der Waals surface area contributed by atoms with E-state index in [0.29, 0.717) is 5.92 Å². The summed E-state index contributed by atoms with van der Waals surface area (Å²) in [6.07, 6.45) is 6.83. The van der Waals surface area contributed by atoms with Crippen LogP contribution in [-0.2, 0) is 0 Å². The molecule has 2 fully saturated rings. The summed E-state index contributed by atoms with van der Waals surface area (Å²) in [5.74, 6) is 0.805. The van der Waals surface area contributed by atoms with Gasteiger partial charge in [-0.25, -0.2) is 4.39 Å².